The zero-order valence-corrected chi connectivity index (χ0v) is 15.4. The summed E-state index contributed by atoms with van der Waals surface area (Å²) in [6.07, 6.45) is 5.54. The van der Waals surface area contributed by atoms with Crippen molar-refractivity contribution in [3.63, 3.8) is 0 Å². The molecule has 0 unspecified atom stereocenters. The van der Waals surface area contributed by atoms with E-state index in [1.807, 2.05) is 30.1 Å². The summed E-state index contributed by atoms with van der Waals surface area (Å²) in [5.74, 6) is 1.74. The molecule has 0 radical (unpaired) electrons. The Morgan fingerprint density at radius 1 is 1.25 bits per heavy atom. The lowest BCUT2D eigenvalue weighted by Gasteiger charge is -2.36. The van der Waals surface area contributed by atoms with Gasteiger partial charge in [0.25, 0.3) is 0 Å². The topological polar surface area (TPSA) is 105 Å². The number of urea groups is 1. The summed E-state index contributed by atoms with van der Waals surface area (Å²) in [5.41, 5.74) is 8.17. The molecule has 1 aliphatic heterocycles. The summed E-state index contributed by atoms with van der Waals surface area (Å²) in [6, 6.07) is 9.33. The summed E-state index contributed by atoms with van der Waals surface area (Å²) in [4.78, 5) is 25.9. The third-order valence-electron chi connectivity index (χ3n) is 5.01. The van der Waals surface area contributed by atoms with Crippen molar-refractivity contribution < 1.29 is 4.79 Å². The first kappa shape index (κ1) is 16.5. The molecular formula is C19H20N8O. The van der Waals surface area contributed by atoms with Crippen LogP contribution in [0.3, 0.4) is 0 Å². The van der Waals surface area contributed by atoms with Crippen LogP contribution in [0, 0.1) is 0 Å². The number of nitrogens with one attached hydrogen (secondary N) is 1. The summed E-state index contributed by atoms with van der Waals surface area (Å²) in [6.45, 7) is 0.517. The number of carbonyl (C=O) groups is 1. The van der Waals surface area contributed by atoms with E-state index in [9.17, 15) is 4.79 Å². The molecule has 0 bridgehead atoms. The molecule has 5 rings (SSSR count). The normalized spacial score (nSPS) is 16.2. The van der Waals surface area contributed by atoms with E-state index < -0.39 is 0 Å². The lowest BCUT2D eigenvalue weighted by molar-refractivity contribution is 0.198. The lowest BCUT2D eigenvalue weighted by Crippen LogP contribution is -2.46. The number of amides is 2. The average molecular weight is 376 g/mol. The average Bonchev–Trinajstić information content (AvgIpc) is 3.44. The zero-order chi connectivity index (χ0) is 19.3. The molecule has 1 aromatic carbocycles. The largest absolute Gasteiger partial charge is 0.399 e. The molecule has 1 aliphatic carbocycles. The highest BCUT2D eigenvalue weighted by Gasteiger charge is 2.41. The van der Waals surface area contributed by atoms with Gasteiger partial charge in [0.15, 0.2) is 5.82 Å². The zero-order valence-electron chi connectivity index (χ0n) is 15.4. The van der Waals surface area contributed by atoms with E-state index in [-0.39, 0.29) is 12.1 Å². The van der Waals surface area contributed by atoms with Crippen LogP contribution in [0.5, 0.6) is 0 Å². The van der Waals surface area contributed by atoms with Gasteiger partial charge in [0.2, 0.25) is 5.95 Å². The van der Waals surface area contributed by atoms with Gasteiger partial charge in [-0.15, -0.1) is 0 Å². The van der Waals surface area contributed by atoms with Crippen molar-refractivity contribution in [1.29, 1.82) is 0 Å². The number of fused-ring (bicyclic) bond motifs is 1. The number of carbonyl (C=O) groups excluding carboxylic acids is 1. The van der Waals surface area contributed by atoms with E-state index in [0.717, 1.165) is 24.2 Å². The monoisotopic (exact) mass is 376 g/mol. The first-order valence-corrected chi connectivity index (χ1v) is 9.17. The van der Waals surface area contributed by atoms with E-state index >= 15 is 0 Å². The molecule has 1 fully saturated rings. The van der Waals surface area contributed by atoms with E-state index in [4.69, 9.17) is 5.73 Å². The predicted octanol–water partition coefficient (Wildman–Crippen LogP) is 2.77. The van der Waals surface area contributed by atoms with Crippen LogP contribution in [-0.4, -0.2) is 36.7 Å². The molecule has 0 saturated heterocycles. The van der Waals surface area contributed by atoms with Crippen LogP contribution in [0.4, 0.5) is 33.8 Å². The Morgan fingerprint density at radius 3 is 2.82 bits per heavy atom. The molecule has 9 nitrogen and oxygen atoms in total. The van der Waals surface area contributed by atoms with Gasteiger partial charge in [-0.2, -0.15) is 10.1 Å². The SMILES string of the molecule is Cn1nccc1Nc1ncc2c(n1)N(c1cccc(N)c1)C(=O)N(C1CC1)C2. The number of aromatic nitrogens is 4. The van der Waals surface area contributed by atoms with Crippen molar-refractivity contribution in [2.75, 3.05) is 16.0 Å². The molecule has 9 heteroatoms. The maximum absolute atomic E-state index is 13.3. The van der Waals surface area contributed by atoms with Crippen LogP contribution in [0.15, 0.2) is 42.7 Å². The second kappa shape index (κ2) is 6.22. The number of hydrogen-bond donors (Lipinski definition) is 2. The quantitative estimate of drug-likeness (QED) is 0.679. The molecule has 3 heterocycles. The van der Waals surface area contributed by atoms with Crippen LogP contribution in [0.2, 0.25) is 0 Å². The number of benzene rings is 1. The third-order valence-corrected chi connectivity index (χ3v) is 5.01. The van der Waals surface area contributed by atoms with Crippen LogP contribution >= 0.6 is 0 Å². The van der Waals surface area contributed by atoms with E-state index in [1.165, 1.54) is 0 Å². The molecular weight excluding hydrogens is 356 g/mol. The third kappa shape index (κ3) is 2.81. The van der Waals surface area contributed by atoms with Crippen LogP contribution in [0.25, 0.3) is 0 Å². The smallest absolute Gasteiger partial charge is 0.330 e. The molecule has 2 amide bonds. The number of rotatable bonds is 4. The molecule has 1 saturated carbocycles. The number of hydrogen-bond acceptors (Lipinski definition) is 6. The van der Waals surface area contributed by atoms with Crippen molar-refractivity contribution in [3.05, 3.63) is 48.3 Å². The number of aryl methyl sites for hydroxylation is 1. The fraction of sp³-hybridized carbons (Fsp3) is 0.263. The van der Waals surface area contributed by atoms with Crippen LogP contribution < -0.4 is 16.0 Å². The highest BCUT2D eigenvalue weighted by Crippen LogP contribution is 2.39. The van der Waals surface area contributed by atoms with Gasteiger partial charge in [-0.1, -0.05) is 6.07 Å². The van der Waals surface area contributed by atoms with Crippen molar-refractivity contribution in [3.8, 4) is 0 Å². The highest BCUT2D eigenvalue weighted by atomic mass is 16.2. The minimum absolute atomic E-state index is 0.0780. The Bertz CT molecular complexity index is 1060. The van der Waals surface area contributed by atoms with Gasteiger partial charge in [-0.05, 0) is 31.0 Å². The molecule has 0 spiro atoms. The second-order valence-electron chi connectivity index (χ2n) is 7.08. The first-order chi connectivity index (χ1) is 13.6. The van der Waals surface area contributed by atoms with Gasteiger partial charge in [0.1, 0.15) is 5.82 Å². The standard InChI is InChI=1S/C19H20N8O/c1-25-16(7-8-22-25)23-18-21-10-12-11-26(14-5-6-14)19(28)27(17(12)24-18)15-4-2-3-13(20)9-15/h2-4,7-10,14H,5-6,11,20H2,1H3,(H,21,23,24). The highest BCUT2D eigenvalue weighted by molar-refractivity contribution is 6.01. The minimum atomic E-state index is -0.0780. The van der Waals surface area contributed by atoms with E-state index in [1.54, 1.807) is 34.1 Å². The molecule has 28 heavy (non-hydrogen) atoms. The van der Waals surface area contributed by atoms with Gasteiger partial charge >= 0.3 is 6.03 Å². The number of nitrogens with two attached hydrogens (primary N) is 1. The maximum Gasteiger partial charge on any atom is 0.330 e. The molecule has 2 aromatic heterocycles. The van der Waals surface area contributed by atoms with Gasteiger partial charge in [-0.3, -0.25) is 4.68 Å². The van der Waals surface area contributed by atoms with Crippen molar-refractivity contribution >= 4 is 35.0 Å². The minimum Gasteiger partial charge on any atom is -0.399 e. The van der Waals surface area contributed by atoms with Gasteiger partial charge in [0, 0.05) is 36.6 Å². The Kier molecular flexibility index (Phi) is 3.68. The predicted molar refractivity (Wildman–Crippen MR) is 105 cm³/mol. The van der Waals surface area contributed by atoms with Gasteiger partial charge in [0.05, 0.1) is 18.4 Å². The van der Waals surface area contributed by atoms with Gasteiger partial charge in [-0.25, -0.2) is 14.7 Å². The lowest BCUT2D eigenvalue weighted by atomic mass is 10.1. The fourth-order valence-corrected chi connectivity index (χ4v) is 3.41. The first-order valence-electron chi connectivity index (χ1n) is 9.17. The number of anilines is 5. The second-order valence-corrected chi connectivity index (χ2v) is 7.08. The molecule has 3 N–H and O–H groups in total. The van der Waals surface area contributed by atoms with E-state index in [0.29, 0.717) is 29.7 Å². The molecule has 0 atom stereocenters. The summed E-state index contributed by atoms with van der Waals surface area (Å²) >= 11 is 0. The Balaban J connectivity index is 1.58. The maximum atomic E-state index is 13.3. The van der Waals surface area contributed by atoms with Crippen LogP contribution in [0.1, 0.15) is 18.4 Å². The van der Waals surface area contributed by atoms with Crippen molar-refractivity contribution in [2.45, 2.75) is 25.4 Å². The summed E-state index contributed by atoms with van der Waals surface area (Å²) < 4.78 is 1.69. The molecule has 142 valence electrons. The Morgan fingerprint density at radius 2 is 2.11 bits per heavy atom. The Hall–Kier alpha value is -3.62. The molecule has 2 aliphatic rings. The summed E-state index contributed by atoms with van der Waals surface area (Å²) in [5, 5.41) is 7.28. The number of nitrogens with zero attached hydrogens (tertiary/aromatic N) is 6. The number of nitrogen functional groups attached to an aromatic ring is 1. The fourth-order valence-electron chi connectivity index (χ4n) is 3.41. The van der Waals surface area contributed by atoms with Gasteiger partial charge < -0.3 is 16.0 Å². The molecule has 3 aromatic rings. The van der Waals surface area contributed by atoms with Crippen molar-refractivity contribution in [1.82, 2.24) is 24.6 Å². The van der Waals surface area contributed by atoms with E-state index in [2.05, 4.69) is 20.4 Å². The van der Waals surface area contributed by atoms with Crippen LogP contribution in [-0.2, 0) is 13.6 Å². The Labute approximate surface area is 161 Å². The van der Waals surface area contributed by atoms with Crippen molar-refractivity contribution in [2.24, 2.45) is 7.05 Å². The summed E-state index contributed by atoms with van der Waals surface area (Å²) in [7, 11) is 1.83.